The lowest BCUT2D eigenvalue weighted by Gasteiger charge is -2.07. The van der Waals surface area contributed by atoms with E-state index in [2.05, 4.69) is 5.10 Å². The van der Waals surface area contributed by atoms with Gasteiger partial charge in [0.25, 0.3) is 5.56 Å². The number of carbonyl (C=O) groups is 1. The minimum Gasteiger partial charge on any atom is -0.505 e. The number of carboxylic acid groups (broad SMARTS) is 1. The maximum atomic E-state index is 11.8. The molecule has 2 rings (SSSR count). The van der Waals surface area contributed by atoms with Gasteiger partial charge in [-0.05, 0) is 30.7 Å². The van der Waals surface area contributed by atoms with Crippen LogP contribution in [0.5, 0.6) is 5.75 Å². The van der Waals surface area contributed by atoms with Gasteiger partial charge in [0.2, 0.25) is 0 Å². The number of rotatable bonds is 3. The second-order valence-corrected chi connectivity index (χ2v) is 4.18. The van der Waals surface area contributed by atoms with Crippen LogP contribution in [0.3, 0.4) is 0 Å². The molecule has 20 heavy (non-hydrogen) atoms. The molecule has 0 aliphatic heterocycles. The van der Waals surface area contributed by atoms with Crippen LogP contribution in [0.15, 0.2) is 41.2 Å². The minimum absolute atomic E-state index is 0.00788. The molecule has 0 unspecified atom stereocenters. The number of hydrogen-bond acceptors (Lipinski definition) is 4. The summed E-state index contributed by atoms with van der Waals surface area (Å²) in [5, 5.41) is 22.1. The summed E-state index contributed by atoms with van der Waals surface area (Å²) >= 11 is 0. The molecule has 0 fully saturated rings. The third kappa shape index (κ3) is 2.92. The first kappa shape index (κ1) is 13.5. The lowest BCUT2D eigenvalue weighted by Crippen LogP contribution is -2.20. The Morgan fingerprint density at radius 2 is 2.10 bits per heavy atom. The van der Waals surface area contributed by atoms with Crippen molar-refractivity contribution in [3.05, 3.63) is 58.0 Å². The smallest absolute Gasteiger partial charge is 0.328 e. The standard InChI is InChI=1S/C14H12N2O4/c1-9-3-2-4-10(7-9)16-13(18)8-12(17)11(15-16)5-6-14(19)20/h2-8,17H,1H3,(H,19,20)/b6-5+. The molecule has 0 spiro atoms. The molecule has 0 saturated heterocycles. The molecule has 102 valence electrons. The van der Waals surface area contributed by atoms with E-state index in [0.29, 0.717) is 5.69 Å². The number of aromatic hydroxyl groups is 1. The van der Waals surface area contributed by atoms with Crippen LogP contribution in [0.1, 0.15) is 11.3 Å². The molecule has 0 aliphatic rings. The molecule has 6 heteroatoms. The average molecular weight is 272 g/mol. The molecular weight excluding hydrogens is 260 g/mol. The number of carboxylic acids is 1. The average Bonchev–Trinajstić information content (AvgIpc) is 2.37. The first-order chi connectivity index (χ1) is 9.47. The van der Waals surface area contributed by atoms with Gasteiger partial charge < -0.3 is 10.2 Å². The van der Waals surface area contributed by atoms with Crippen LogP contribution in [0.4, 0.5) is 0 Å². The molecule has 2 aromatic rings. The third-order valence-electron chi connectivity index (χ3n) is 2.57. The van der Waals surface area contributed by atoms with Gasteiger partial charge in [0.05, 0.1) is 5.69 Å². The number of hydrogen-bond donors (Lipinski definition) is 2. The first-order valence-corrected chi connectivity index (χ1v) is 5.79. The Bertz CT molecular complexity index is 747. The summed E-state index contributed by atoms with van der Waals surface area (Å²) in [6.45, 7) is 1.88. The maximum absolute atomic E-state index is 11.8. The topological polar surface area (TPSA) is 92.4 Å². The van der Waals surface area contributed by atoms with Crippen LogP contribution in [-0.4, -0.2) is 26.0 Å². The summed E-state index contributed by atoms with van der Waals surface area (Å²) in [4.78, 5) is 22.3. The zero-order chi connectivity index (χ0) is 14.7. The van der Waals surface area contributed by atoms with Crippen molar-refractivity contribution in [3.63, 3.8) is 0 Å². The quantitative estimate of drug-likeness (QED) is 0.823. The van der Waals surface area contributed by atoms with E-state index in [1.54, 1.807) is 18.2 Å². The van der Waals surface area contributed by atoms with Crippen molar-refractivity contribution in [1.82, 2.24) is 9.78 Å². The SMILES string of the molecule is Cc1cccc(-n2nc(/C=C/C(=O)O)c(O)cc2=O)c1. The predicted molar refractivity (Wildman–Crippen MR) is 72.9 cm³/mol. The van der Waals surface area contributed by atoms with E-state index in [4.69, 9.17) is 5.11 Å². The molecule has 1 aromatic carbocycles. The van der Waals surface area contributed by atoms with E-state index in [-0.39, 0.29) is 11.4 Å². The normalized spacial score (nSPS) is 10.8. The van der Waals surface area contributed by atoms with Crippen LogP contribution >= 0.6 is 0 Å². The highest BCUT2D eigenvalue weighted by Crippen LogP contribution is 2.14. The number of aryl methyl sites for hydroxylation is 1. The molecule has 0 bridgehead atoms. The van der Waals surface area contributed by atoms with Gasteiger partial charge in [-0.2, -0.15) is 9.78 Å². The predicted octanol–water partition coefficient (Wildman–Crippen LogP) is 1.34. The van der Waals surface area contributed by atoms with Crippen molar-refractivity contribution < 1.29 is 15.0 Å². The lowest BCUT2D eigenvalue weighted by molar-refractivity contribution is -0.131. The van der Waals surface area contributed by atoms with Gasteiger partial charge in [0.15, 0.2) is 0 Å². The molecular formula is C14H12N2O4. The Kier molecular flexibility index (Phi) is 3.65. The van der Waals surface area contributed by atoms with E-state index in [1.807, 2.05) is 13.0 Å². The van der Waals surface area contributed by atoms with Crippen molar-refractivity contribution in [2.45, 2.75) is 6.92 Å². The van der Waals surface area contributed by atoms with Crippen LogP contribution in [-0.2, 0) is 4.79 Å². The fourth-order valence-corrected chi connectivity index (χ4v) is 1.67. The molecule has 2 N–H and O–H groups in total. The van der Waals surface area contributed by atoms with Crippen molar-refractivity contribution in [2.75, 3.05) is 0 Å². The van der Waals surface area contributed by atoms with Gasteiger partial charge in [0, 0.05) is 12.1 Å². The van der Waals surface area contributed by atoms with Gasteiger partial charge in [0.1, 0.15) is 11.4 Å². The highest BCUT2D eigenvalue weighted by atomic mass is 16.4. The summed E-state index contributed by atoms with van der Waals surface area (Å²) in [6, 6.07) is 8.11. The van der Waals surface area contributed by atoms with Gasteiger partial charge >= 0.3 is 5.97 Å². The second kappa shape index (κ2) is 5.40. The molecule has 1 heterocycles. The minimum atomic E-state index is -1.17. The van der Waals surface area contributed by atoms with E-state index < -0.39 is 11.5 Å². The van der Waals surface area contributed by atoms with Crippen LogP contribution < -0.4 is 5.56 Å². The fraction of sp³-hybridized carbons (Fsp3) is 0.0714. The van der Waals surface area contributed by atoms with Gasteiger partial charge in [-0.3, -0.25) is 4.79 Å². The van der Waals surface area contributed by atoms with Gasteiger partial charge in [-0.1, -0.05) is 12.1 Å². The summed E-state index contributed by atoms with van der Waals surface area (Å²) in [7, 11) is 0. The molecule has 1 aromatic heterocycles. The molecule has 0 atom stereocenters. The van der Waals surface area contributed by atoms with Gasteiger partial charge in [-0.25, -0.2) is 4.79 Å². The number of nitrogens with zero attached hydrogens (tertiary/aromatic N) is 2. The van der Waals surface area contributed by atoms with E-state index in [1.165, 1.54) is 0 Å². The summed E-state index contributed by atoms with van der Waals surface area (Å²) in [5.74, 6) is -1.53. The molecule has 0 amide bonds. The van der Waals surface area contributed by atoms with Crippen LogP contribution in [0, 0.1) is 6.92 Å². The van der Waals surface area contributed by atoms with Crippen molar-refractivity contribution in [1.29, 1.82) is 0 Å². The molecule has 6 nitrogen and oxygen atoms in total. The number of aliphatic carboxylic acids is 1. The van der Waals surface area contributed by atoms with E-state index >= 15 is 0 Å². The van der Waals surface area contributed by atoms with Crippen molar-refractivity contribution >= 4 is 12.0 Å². The Morgan fingerprint density at radius 1 is 1.35 bits per heavy atom. The fourth-order valence-electron chi connectivity index (χ4n) is 1.67. The molecule has 0 saturated carbocycles. The van der Waals surface area contributed by atoms with Crippen molar-refractivity contribution in [3.8, 4) is 11.4 Å². The zero-order valence-corrected chi connectivity index (χ0v) is 10.6. The van der Waals surface area contributed by atoms with Crippen molar-refractivity contribution in [2.24, 2.45) is 0 Å². The Morgan fingerprint density at radius 3 is 2.75 bits per heavy atom. The zero-order valence-electron chi connectivity index (χ0n) is 10.6. The van der Waals surface area contributed by atoms with Gasteiger partial charge in [-0.15, -0.1) is 0 Å². The summed E-state index contributed by atoms with van der Waals surface area (Å²) < 4.78 is 1.11. The maximum Gasteiger partial charge on any atom is 0.328 e. The largest absolute Gasteiger partial charge is 0.505 e. The summed E-state index contributed by atoms with van der Waals surface area (Å²) in [6.07, 6.45) is 1.97. The van der Waals surface area contributed by atoms with Crippen LogP contribution in [0.25, 0.3) is 11.8 Å². The third-order valence-corrected chi connectivity index (χ3v) is 2.57. The summed E-state index contributed by atoms with van der Waals surface area (Å²) in [5.41, 5.74) is 1.00. The highest BCUT2D eigenvalue weighted by Gasteiger charge is 2.07. The Labute approximate surface area is 114 Å². The van der Waals surface area contributed by atoms with E-state index in [9.17, 15) is 14.7 Å². The molecule has 0 radical (unpaired) electrons. The van der Waals surface area contributed by atoms with E-state index in [0.717, 1.165) is 28.5 Å². The molecule has 0 aliphatic carbocycles. The second-order valence-electron chi connectivity index (χ2n) is 4.18. The highest BCUT2D eigenvalue weighted by molar-refractivity contribution is 5.85. The van der Waals surface area contributed by atoms with Crippen LogP contribution in [0.2, 0.25) is 0 Å². The Balaban J connectivity index is 2.57. The number of benzene rings is 1. The monoisotopic (exact) mass is 272 g/mol. The first-order valence-electron chi connectivity index (χ1n) is 5.79. The number of aromatic nitrogens is 2. The lowest BCUT2D eigenvalue weighted by atomic mass is 10.2. The Hall–Kier alpha value is -2.89.